The average Bonchev–Trinajstić information content (AvgIpc) is 2.83. The number of aryl methyl sites for hydroxylation is 2. The molecule has 1 amide bonds. The molecule has 0 radical (unpaired) electrons. The number of nitrogens with zero attached hydrogens (tertiary/aromatic N) is 1. The Hall–Kier alpha value is -2.19. The Morgan fingerprint density at radius 3 is 2.36 bits per heavy atom. The van der Waals surface area contributed by atoms with Gasteiger partial charge in [-0.25, -0.2) is 13.1 Å². The van der Waals surface area contributed by atoms with Gasteiger partial charge in [-0.1, -0.05) is 5.16 Å². The van der Waals surface area contributed by atoms with Crippen LogP contribution >= 0.6 is 0 Å². The Morgan fingerprint density at radius 2 is 1.86 bits per heavy atom. The van der Waals surface area contributed by atoms with Crippen LogP contribution < -0.4 is 10.0 Å². The molecule has 0 aliphatic heterocycles. The first-order valence-corrected chi connectivity index (χ1v) is 8.07. The van der Waals surface area contributed by atoms with Gasteiger partial charge in [-0.15, -0.1) is 0 Å². The molecule has 2 N–H and O–H groups in total. The van der Waals surface area contributed by atoms with Crippen molar-refractivity contribution in [3.8, 4) is 0 Å². The molecule has 118 valence electrons. The molecule has 0 unspecified atom stereocenters. The Balaban J connectivity index is 2.15. The smallest absolute Gasteiger partial charge is 0.251 e. The summed E-state index contributed by atoms with van der Waals surface area (Å²) in [6.07, 6.45) is 0. The van der Waals surface area contributed by atoms with Crippen LogP contribution in [-0.2, 0) is 16.6 Å². The van der Waals surface area contributed by atoms with Gasteiger partial charge < -0.3 is 9.84 Å². The van der Waals surface area contributed by atoms with Crippen molar-refractivity contribution in [3.05, 3.63) is 46.8 Å². The maximum Gasteiger partial charge on any atom is 0.251 e. The molecule has 0 saturated heterocycles. The molecule has 0 atom stereocenters. The van der Waals surface area contributed by atoms with Gasteiger partial charge in [-0.05, 0) is 38.1 Å². The fraction of sp³-hybridized carbons (Fsp3) is 0.286. The van der Waals surface area contributed by atoms with Crippen LogP contribution in [0.4, 0.5) is 0 Å². The van der Waals surface area contributed by atoms with Crippen LogP contribution in [0.2, 0.25) is 0 Å². The minimum Gasteiger partial charge on any atom is -0.361 e. The molecule has 8 heteroatoms. The van der Waals surface area contributed by atoms with Crippen molar-refractivity contribution < 1.29 is 17.7 Å². The van der Waals surface area contributed by atoms with Gasteiger partial charge in [0.15, 0.2) is 0 Å². The van der Waals surface area contributed by atoms with Crippen molar-refractivity contribution in [2.75, 3.05) is 7.05 Å². The van der Waals surface area contributed by atoms with Crippen molar-refractivity contribution in [2.24, 2.45) is 0 Å². The first kappa shape index (κ1) is 16.2. The number of sulfonamides is 1. The number of aromatic nitrogens is 1. The summed E-state index contributed by atoms with van der Waals surface area (Å²) < 4.78 is 32.0. The van der Waals surface area contributed by atoms with E-state index in [1.807, 2.05) is 0 Å². The van der Waals surface area contributed by atoms with E-state index in [9.17, 15) is 13.2 Å². The zero-order chi connectivity index (χ0) is 16.3. The third kappa shape index (κ3) is 3.34. The zero-order valence-electron chi connectivity index (χ0n) is 12.5. The quantitative estimate of drug-likeness (QED) is 0.859. The number of benzene rings is 1. The number of hydrogen-bond donors (Lipinski definition) is 2. The Morgan fingerprint density at radius 1 is 1.23 bits per heavy atom. The van der Waals surface area contributed by atoms with Gasteiger partial charge >= 0.3 is 0 Å². The third-order valence-corrected chi connectivity index (χ3v) is 4.69. The summed E-state index contributed by atoms with van der Waals surface area (Å²) in [4.78, 5) is 11.5. The molecule has 0 saturated carbocycles. The highest BCUT2D eigenvalue weighted by atomic mass is 32.2. The maximum atomic E-state index is 12.2. The molecule has 2 aromatic rings. The number of carbonyl (C=O) groups excluding carboxylic acids is 1. The first-order valence-electron chi connectivity index (χ1n) is 6.58. The summed E-state index contributed by atoms with van der Waals surface area (Å²) in [6.45, 7) is 3.57. The minimum absolute atomic E-state index is 0.0897. The van der Waals surface area contributed by atoms with Crippen molar-refractivity contribution in [2.45, 2.75) is 25.3 Å². The highest BCUT2D eigenvalue weighted by Crippen LogP contribution is 2.15. The van der Waals surface area contributed by atoms with Crippen molar-refractivity contribution >= 4 is 15.9 Å². The van der Waals surface area contributed by atoms with E-state index in [0.717, 1.165) is 0 Å². The molecule has 0 spiro atoms. The van der Waals surface area contributed by atoms with Crippen LogP contribution in [0.5, 0.6) is 0 Å². The average molecular weight is 323 g/mol. The van der Waals surface area contributed by atoms with E-state index in [4.69, 9.17) is 4.52 Å². The van der Waals surface area contributed by atoms with E-state index in [0.29, 0.717) is 22.6 Å². The molecule has 1 heterocycles. The zero-order valence-corrected chi connectivity index (χ0v) is 13.3. The van der Waals surface area contributed by atoms with Gasteiger partial charge in [-0.2, -0.15) is 0 Å². The minimum atomic E-state index is -3.67. The molecular weight excluding hydrogens is 306 g/mol. The second-order valence-corrected chi connectivity index (χ2v) is 6.50. The summed E-state index contributed by atoms with van der Waals surface area (Å²) >= 11 is 0. The fourth-order valence-corrected chi connectivity index (χ4v) is 2.93. The molecule has 0 bridgehead atoms. The molecule has 1 aromatic carbocycles. The van der Waals surface area contributed by atoms with E-state index in [2.05, 4.69) is 15.2 Å². The third-order valence-electron chi connectivity index (χ3n) is 3.27. The summed E-state index contributed by atoms with van der Waals surface area (Å²) in [5.74, 6) is 0.308. The standard InChI is InChI=1S/C14H17N3O4S/c1-9-13(10(2)21-17-9)8-16-22(19,20)12-6-4-11(5-7-12)14(18)15-3/h4-7,16H,8H2,1-3H3,(H,15,18). The molecular formula is C14H17N3O4S. The van der Waals surface area contributed by atoms with Gasteiger partial charge in [0, 0.05) is 24.7 Å². The lowest BCUT2D eigenvalue weighted by Gasteiger charge is -2.07. The number of amides is 1. The molecule has 0 aliphatic rings. The number of hydrogen-bond acceptors (Lipinski definition) is 5. The Labute approximate surface area is 128 Å². The summed E-state index contributed by atoms with van der Waals surface area (Å²) in [5, 5.41) is 6.25. The molecule has 0 aliphatic carbocycles. The van der Waals surface area contributed by atoms with E-state index in [-0.39, 0.29) is 17.3 Å². The molecule has 0 fully saturated rings. The van der Waals surface area contributed by atoms with Crippen LogP contribution in [0, 0.1) is 13.8 Å². The molecule has 1 aromatic heterocycles. The largest absolute Gasteiger partial charge is 0.361 e. The Bertz CT molecular complexity index is 759. The maximum absolute atomic E-state index is 12.2. The van der Waals surface area contributed by atoms with Crippen LogP contribution in [0.3, 0.4) is 0 Å². The lowest BCUT2D eigenvalue weighted by Crippen LogP contribution is -2.24. The molecule has 22 heavy (non-hydrogen) atoms. The van der Waals surface area contributed by atoms with Crippen molar-refractivity contribution in [3.63, 3.8) is 0 Å². The summed E-state index contributed by atoms with van der Waals surface area (Å²) in [7, 11) is -2.16. The second kappa shape index (κ2) is 6.29. The van der Waals surface area contributed by atoms with Gasteiger partial charge in [0.2, 0.25) is 10.0 Å². The van der Waals surface area contributed by atoms with Crippen LogP contribution in [-0.4, -0.2) is 26.5 Å². The SMILES string of the molecule is CNC(=O)c1ccc(S(=O)(=O)NCc2c(C)noc2C)cc1. The fourth-order valence-electron chi connectivity index (χ4n) is 1.93. The van der Waals surface area contributed by atoms with Crippen LogP contribution in [0.25, 0.3) is 0 Å². The summed E-state index contributed by atoms with van der Waals surface area (Å²) in [5.41, 5.74) is 1.76. The predicted octanol–water partition coefficient (Wildman–Crippen LogP) is 1.13. The lowest BCUT2D eigenvalue weighted by atomic mass is 10.2. The monoisotopic (exact) mass is 323 g/mol. The first-order chi connectivity index (χ1) is 10.3. The number of carbonyl (C=O) groups is 1. The lowest BCUT2D eigenvalue weighted by molar-refractivity contribution is 0.0963. The summed E-state index contributed by atoms with van der Waals surface area (Å²) in [6, 6.07) is 5.70. The van der Waals surface area contributed by atoms with Crippen molar-refractivity contribution in [1.82, 2.24) is 15.2 Å². The van der Waals surface area contributed by atoms with E-state index >= 15 is 0 Å². The van der Waals surface area contributed by atoms with Gasteiger partial charge in [-0.3, -0.25) is 4.79 Å². The van der Waals surface area contributed by atoms with Gasteiger partial charge in [0.05, 0.1) is 10.6 Å². The van der Waals surface area contributed by atoms with Gasteiger partial charge in [0.1, 0.15) is 5.76 Å². The van der Waals surface area contributed by atoms with E-state index in [1.165, 1.54) is 31.3 Å². The highest BCUT2D eigenvalue weighted by Gasteiger charge is 2.17. The normalized spacial score (nSPS) is 11.4. The molecule has 7 nitrogen and oxygen atoms in total. The molecule has 2 rings (SSSR count). The van der Waals surface area contributed by atoms with Crippen LogP contribution in [0.15, 0.2) is 33.7 Å². The topological polar surface area (TPSA) is 101 Å². The Kier molecular flexibility index (Phi) is 4.62. The number of nitrogens with one attached hydrogen (secondary N) is 2. The number of rotatable bonds is 5. The highest BCUT2D eigenvalue weighted by molar-refractivity contribution is 7.89. The van der Waals surface area contributed by atoms with Crippen LogP contribution in [0.1, 0.15) is 27.4 Å². The van der Waals surface area contributed by atoms with E-state index < -0.39 is 10.0 Å². The predicted molar refractivity (Wildman–Crippen MR) is 79.8 cm³/mol. The van der Waals surface area contributed by atoms with Gasteiger partial charge in [0.25, 0.3) is 5.91 Å². The van der Waals surface area contributed by atoms with E-state index in [1.54, 1.807) is 13.8 Å². The second-order valence-electron chi connectivity index (χ2n) is 4.73. The van der Waals surface area contributed by atoms with Crippen molar-refractivity contribution in [1.29, 1.82) is 0 Å².